The summed E-state index contributed by atoms with van der Waals surface area (Å²) in [6.07, 6.45) is -0.0544. The molecule has 0 radical (unpaired) electrons. The van der Waals surface area contributed by atoms with E-state index in [1.165, 1.54) is 6.92 Å². The normalized spacial score (nSPS) is 16.8. The van der Waals surface area contributed by atoms with Crippen molar-refractivity contribution in [3.05, 3.63) is 0 Å². The molecule has 0 aliphatic heterocycles. The summed E-state index contributed by atoms with van der Waals surface area (Å²) in [7, 11) is 0. The SMILES string of the molecule is CC[C@@H](C)[C@@](C)(NC(=O)OC(C)(C)C)C(=O)O. The van der Waals surface area contributed by atoms with Crippen molar-refractivity contribution >= 4 is 12.1 Å². The Morgan fingerprint density at radius 2 is 1.76 bits per heavy atom. The number of carbonyl (C=O) groups is 2. The standard InChI is InChI=1S/C12H23NO4/c1-7-8(2)12(6,9(14)15)13-10(16)17-11(3,4)5/h8H,7H2,1-6H3,(H,13,16)(H,14,15)/t8-,12-/m1/s1. The molecule has 1 amide bonds. The second-order valence-electron chi connectivity index (χ2n) is 5.44. The number of amides is 1. The molecule has 0 aliphatic rings. The number of hydrogen-bond donors (Lipinski definition) is 2. The van der Waals surface area contributed by atoms with Crippen LogP contribution < -0.4 is 5.32 Å². The highest BCUT2D eigenvalue weighted by Gasteiger charge is 2.40. The highest BCUT2D eigenvalue weighted by molar-refractivity contribution is 5.84. The van der Waals surface area contributed by atoms with Gasteiger partial charge in [0.2, 0.25) is 0 Å². The molecule has 0 aromatic rings. The molecule has 0 bridgehead atoms. The maximum Gasteiger partial charge on any atom is 0.408 e. The number of hydrogen-bond acceptors (Lipinski definition) is 3. The molecule has 0 fully saturated rings. The summed E-state index contributed by atoms with van der Waals surface area (Å²) in [5, 5.41) is 11.7. The van der Waals surface area contributed by atoms with E-state index in [2.05, 4.69) is 5.32 Å². The summed E-state index contributed by atoms with van der Waals surface area (Å²) in [5.74, 6) is -1.25. The van der Waals surface area contributed by atoms with Crippen LogP contribution in [-0.4, -0.2) is 28.3 Å². The lowest BCUT2D eigenvalue weighted by molar-refractivity contribution is -0.146. The van der Waals surface area contributed by atoms with Crippen LogP contribution in [0.5, 0.6) is 0 Å². The van der Waals surface area contributed by atoms with Crippen LogP contribution in [0.15, 0.2) is 0 Å². The summed E-state index contributed by atoms with van der Waals surface area (Å²) in [6, 6.07) is 0. The van der Waals surface area contributed by atoms with Gasteiger partial charge in [0, 0.05) is 0 Å². The zero-order chi connectivity index (χ0) is 13.9. The minimum atomic E-state index is -1.31. The molecule has 0 heterocycles. The van der Waals surface area contributed by atoms with Crippen LogP contribution in [0.1, 0.15) is 48.0 Å². The monoisotopic (exact) mass is 245 g/mol. The van der Waals surface area contributed by atoms with E-state index in [-0.39, 0.29) is 5.92 Å². The number of carboxylic acid groups (broad SMARTS) is 1. The number of nitrogens with one attached hydrogen (secondary N) is 1. The number of alkyl carbamates (subject to hydrolysis) is 1. The fraction of sp³-hybridized carbons (Fsp3) is 0.833. The van der Waals surface area contributed by atoms with E-state index in [0.29, 0.717) is 6.42 Å². The maximum atomic E-state index is 11.6. The Kier molecular flexibility index (Phi) is 4.98. The van der Waals surface area contributed by atoms with E-state index in [0.717, 1.165) is 0 Å². The first-order valence-corrected chi connectivity index (χ1v) is 5.77. The van der Waals surface area contributed by atoms with Crippen molar-refractivity contribution in [1.29, 1.82) is 0 Å². The third-order valence-corrected chi connectivity index (χ3v) is 2.80. The highest BCUT2D eigenvalue weighted by atomic mass is 16.6. The second kappa shape index (κ2) is 5.38. The predicted octanol–water partition coefficient (Wildman–Crippen LogP) is 2.40. The minimum Gasteiger partial charge on any atom is -0.480 e. The summed E-state index contributed by atoms with van der Waals surface area (Å²) < 4.78 is 5.06. The molecule has 2 N–H and O–H groups in total. The first-order chi connectivity index (χ1) is 7.53. The molecule has 0 saturated carbocycles. The van der Waals surface area contributed by atoms with Crippen LogP contribution in [0.2, 0.25) is 0 Å². The Labute approximate surface area is 103 Å². The maximum absolute atomic E-state index is 11.6. The van der Waals surface area contributed by atoms with Gasteiger partial charge in [0.05, 0.1) is 0 Å². The lowest BCUT2D eigenvalue weighted by atomic mass is 9.85. The lowest BCUT2D eigenvalue weighted by Gasteiger charge is -2.32. The van der Waals surface area contributed by atoms with Crippen LogP contribution in [0.4, 0.5) is 4.79 Å². The van der Waals surface area contributed by atoms with Gasteiger partial charge in [0.1, 0.15) is 11.1 Å². The number of aliphatic carboxylic acids is 1. The Balaban J connectivity index is 4.79. The fourth-order valence-electron chi connectivity index (χ4n) is 1.31. The number of carboxylic acids is 1. The molecule has 0 aromatic heterocycles. The van der Waals surface area contributed by atoms with E-state index in [9.17, 15) is 14.7 Å². The average Bonchev–Trinajstić information content (AvgIpc) is 2.12. The smallest absolute Gasteiger partial charge is 0.408 e. The van der Waals surface area contributed by atoms with E-state index in [1.807, 2.05) is 6.92 Å². The summed E-state index contributed by atoms with van der Waals surface area (Å²) in [5.41, 5.74) is -1.95. The third-order valence-electron chi connectivity index (χ3n) is 2.80. The van der Waals surface area contributed by atoms with Gasteiger partial charge in [0.25, 0.3) is 0 Å². The molecule has 17 heavy (non-hydrogen) atoms. The van der Waals surface area contributed by atoms with Crippen LogP contribution in [0.3, 0.4) is 0 Å². The van der Waals surface area contributed by atoms with Crippen molar-refractivity contribution in [2.75, 3.05) is 0 Å². The summed E-state index contributed by atoms with van der Waals surface area (Å²) in [6.45, 7) is 10.3. The topological polar surface area (TPSA) is 75.6 Å². The van der Waals surface area contributed by atoms with Gasteiger partial charge in [-0.15, -0.1) is 0 Å². The van der Waals surface area contributed by atoms with Gasteiger partial charge < -0.3 is 15.2 Å². The van der Waals surface area contributed by atoms with Crippen LogP contribution in [-0.2, 0) is 9.53 Å². The number of carbonyl (C=O) groups excluding carboxylic acids is 1. The Morgan fingerprint density at radius 3 is 2.06 bits per heavy atom. The molecule has 0 rings (SSSR count). The largest absolute Gasteiger partial charge is 0.480 e. The van der Waals surface area contributed by atoms with Gasteiger partial charge in [-0.3, -0.25) is 0 Å². The average molecular weight is 245 g/mol. The Bertz CT molecular complexity index is 295. The zero-order valence-electron chi connectivity index (χ0n) is 11.5. The van der Waals surface area contributed by atoms with E-state index < -0.39 is 23.2 Å². The van der Waals surface area contributed by atoms with Crippen molar-refractivity contribution in [2.24, 2.45) is 5.92 Å². The van der Waals surface area contributed by atoms with Gasteiger partial charge in [-0.2, -0.15) is 0 Å². The minimum absolute atomic E-state index is 0.187. The molecule has 0 unspecified atom stereocenters. The highest BCUT2D eigenvalue weighted by Crippen LogP contribution is 2.21. The fourth-order valence-corrected chi connectivity index (χ4v) is 1.31. The molecule has 5 heteroatoms. The Morgan fingerprint density at radius 1 is 1.29 bits per heavy atom. The van der Waals surface area contributed by atoms with Crippen molar-refractivity contribution < 1.29 is 19.4 Å². The Hall–Kier alpha value is -1.26. The molecule has 0 saturated heterocycles. The van der Waals surface area contributed by atoms with Crippen molar-refractivity contribution in [3.8, 4) is 0 Å². The van der Waals surface area contributed by atoms with Crippen LogP contribution in [0.25, 0.3) is 0 Å². The molecule has 0 aromatic carbocycles. The lowest BCUT2D eigenvalue weighted by Crippen LogP contribution is -2.57. The van der Waals surface area contributed by atoms with E-state index >= 15 is 0 Å². The molecular formula is C12H23NO4. The van der Waals surface area contributed by atoms with Crippen molar-refractivity contribution in [1.82, 2.24) is 5.32 Å². The van der Waals surface area contributed by atoms with Crippen molar-refractivity contribution in [2.45, 2.75) is 59.1 Å². The predicted molar refractivity (Wildman–Crippen MR) is 64.9 cm³/mol. The van der Waals surface area contributed by atoms with Gasteiger partial charge in [-0.05, 0) is 33.6 Å². The summed E-state index contributed by atoms with van der Waals surface area (Å²) >= 11 is 0. The van der Waals surface area contributed by atoms with E-state index in [1.54, 1.807) is 27.7 Å². The quantitative estimate of drug-likeness (QED) is 0.797. The second-order valence-corrected chi connectivity index (χ2v) is 5.44. The molecular weight excluding hydrogens is 222 g/mol. The first kappa shape index (κ1) is 15.7. The third kappa shape index (κ3) is 4.63. The molecule has 0 aliphatic carbocycles. The van der Waals surface area contributed by atoms with Gasteiger partial charge in [-0.25, -0.2) is 9.59 Å². The molecule has 0 spiro atoms. The zero-order valence-corrected chi connectivity index (χ0v) is 11.5. The van der Waals surface area contributed by atoms with Gasteiger partial charge in [0.15, 0.2) is 0 Å². The van der Waals surface area contributed by atoms with Crippen molar-refractivity contribution in [3.63, 3.8) is 0 Å². The molecule has 100 valence electrons. The van der Waals surface area contributed by atoms with Crippen LogP contribution in [0, 0.1) is 5.92 Å². The number of ether oxygens (including phenoxy) is 1. The van der Waals surface area contributed by atoms with E-state index in [4.69, 9.17) is 4.74 Å². The first-order valence-electron chi connectivity index (χ1n) is 5.77. The molecule has 2 atom stereocenters. The summed E-state index contributed by atoms with van der Waals surface area (Å²) in [4.78, 5) is 22.9. The number of rotatable bonds is 4. The van der Waals surface area contributed by atoms with Crippen LogP contribution >= 0.6 is 0 Å². The molecule has 5 nitrogen and oxygen atoms in total. The van der Waals surface area contributed by atoms with Gasteiger partial charge in [-0.1, -0.05) is 20.3 Å². The van der Waals surface area contributed by atoms with Gasteiger partial charge >= 0.3 is 12.1 Å².